The number of carbonyl (C=O) groups is 2. The molecule has 0 saturated carbocycles. The van der Waals surface area contributed by atoms with E-state index in [0.717, 1.165) is 32.2 Å². The first kappa shape index (κ1) is 12.8. The van der Waals surface area contributed by atoms with Crippen LogP contribution in [0.15, 0.2) is 0 Å². The van der Waals surface area contributed by atoms with E-state index in [2.05, 4.69) is 13.8 Å². The van der Waals surface area contributed by atoms with Crippen molar-refractivity contribution in [2.45, 2.75) is 63.6 Å². The Hall–Kier alpha value is -1.26. The molecule has 0 spiro atoms. The minimum Gasteiger partial charge on any atom is -0.481 e. The maximum absolute atomic E-state index is 12.8. The van der Waals surface area contributed by atoms with Gasteiger partial charge in [0.25, 0.3) is 0 Å². The number of amides is 2. The highest BCUT2D eigenvalue weighted by atomic mass is 16.4. The van der Waals surface area contributed by atoms with Crippen LogP contribution in [0.3, 0.4) is 0 Å². The van der Waals surface area contributed by atoms with Crippen LogP contribution in [0.1, 0.15) is 46.0 Å². The van der Waals surface area contributed by atoms with Crippen LogP contribution in [0.2, 0.25) is 0 Å². The van der Waals surface area contributed by atoms with Crippen LogP contribution in [-0.2, 0) is 4.79 Å². The summed E-state index contributed by atoms with van der Waals surface area (Å²) in [4.78, 5) is 27.8. The highest BCUT2D eigenvalue weighted by Crippen LogP contribution is 2.43. The van der Waals surface area contributed by atoms with Crippen LogP contribution in [0, 0.1) is 5.92 Å². The largest absolute Gasteiger partial charge is 0.481 e. The maximum atomic E-state index is 12.8. The summed E-state index contributed by atoms with van der Waals surface area (Å²) in [6, 6.07) is 0.139. The fourth-order valence-corrected chi connectivity index (χ4v) is 4.15. The van der Waals surface area contributed by atoms with Gasteiger partial charge in [-0.15, -0.1) is 0 Å². The van der Waals surface area contributed by atoms with E-state index in [1.807, 2.05) is 9.80 Å². The fourth-order valence-electron chi connectivity index (χ4n) is 4.15. The number of carboxylic acid groups (broad SMARTS) is 1. The van der Waals surface area contributed by atoms with Gasteiger partial charge in [0.05, 0.1) is 5.92 Å². The number of nitrogens with zero attached hydrogens (tertiary/aromatic N) is 2. The molecule has 19 heavy (non-hydrogen) atoms. The Morgan fingerprint density at radius 2 is 2.00 bits per heavy atom. The summed E-state index contributed by atoms with van der Waals surface area (Å²) in [5, 5.41) is 9.25. The molecule has 3 rings (SSSR count). The predicted molar refractivity (Wildman–Crippen MR) is 69.8 cm³/mol. The minimum absolute atomic E-state index is 0.0683. The lowest BCUT2D eigenvalue weighted by molar-refractivity contribution is -0.142. The van der Waals surface area contributed by atoms with Gasteiger partial charge >= 0.3 is 12.0 Å². The third-order valence-electron chi connectivity index (χ3n) is 5.21. The number of carbonyl (C=O) groups excluding carboxylic acids is 1. The van der Waals surface area contributed by atoms with Crippen molar-refractivity contribution in [1.29, 1.82) is 0 Å². The summed E-state index contributed by atoms with van der Waals surface area (Å²) in [7, 11) is 0. The second-order valence-electron chi connectivity index (χ2n) is 6.74. The topological polar surface area (TPSA) is 60.9 Å². The monoisotopic (exact) mass is 266 g/mol. The number of rotatable bonds is 1. The van der Waals surface area contributed by atoms with Crippen molar-refractivity contribution < 1.29 is 14.7 Å². The fraction of sp³-hybridized carbons (Fsp3) is 0.857. The molecule has 3 aliphatic heterocycles. The first-order chi connectivity index (χ1) is 8.92. The van der Waals surface area contributed by atoms with Gasteiger partial charge in [-0.1, -0.05) is 0 Å². The van der Waals surface area contributed by atoms with E-state index >= 15 is 0 Å². The molecule has 106 valence electrons. The number of carboxylic acids is 1. The highest BCUT2D eigenvalue weighted by Gasteiger charge is 2.53. The van der Waals surface area contributed by atoms with Gasteiger partial charge in [-0.25, -0.2) is 4.79 Å². The van der Waals surface area contributed by atoms with E-state index in [4.69, 9.17) is 0 Å². The van der Waals surface area contributed by atoms with Gasteiger partial charge < -0.3 is 14.9 Å². The van der Waals surface area contributed by atoms with Crippen molar-refractivity contribution in [2.24, 2.45) is 5.92 Å². The molecule has 0 aliphatic carbocycles. The Bertz CT molecular complexity index is 421. The van der Waals surface area contributed by atoms with Crippen LogP contribution < -0.4 is 0 Å². The molecule has 3 heterocycles. The van der Waals surface area contributed by atoms with E-state index < -0.39 is 5.97 Å². The molecule has 3 fully saturated rings. The lowest BCUT2D eigenvalue weighted by Crippen LogP contribution is -2.51. The van der Waals surface area contributed by atoms with Crippen molar-refractivity contribution in [3.05, 3.63) is 0 Å². The molecule has 3 saturated heterocycles. The lowest BCUT2D eigenvalue weighted by atomic mass is 9.89. The summed E-state index contributed by atoms with van der Waals surface area (Å²) in [6.45, 7) is 5.01. The van der Waals surface area contributed by atoms with E-state index in [0.29, 0.717) is 6.42 Å². The van der Waals surface area contributed by atoms with Gasteiger partial charge in [-0.2, -0.15) is 0 Å². The van der Waals surface area contributed by atoms with Crippen LogP contribution in [0.25, 0.3) is 0 Å². The zero-order chi connectivity index (χ0) is 13.8. The summed E-state index contributed by atoms with van der Waals surface area (Å²) >= 11 is 0. The van der Waals surface area contributed by atoms with Crippen LogP contribution >= 0.6 is 0 Å². The average Bonchev–Trinajstić information content (AvgIpc) is 2.99. The molecule has 3 aliphatic rings. The average molecular weight is 266 g/mol. The Morgan fingerprint density at radius 1 is 1.26 bits per heavy atom. The van der Waals surface area contributed by atoms with Gasteiger partial charge in [-0.3, -0.25) is 4.79 Å². The van der Waals surface area contributed by atoms with Crippen molar-refractivity contribution in [2.75, 3.05) is 6.54 Å². The molecule has 3 unspecified atom stereocenters. The van der Waals surface area contributed by atoms with Crippen LogP contribution in [0.4, 0.5) is 4.79 Å². The first-order valence-electron chi connectivity index (χ1n) is 7.24. The highest BCUT2D eigenvalue weighted by molar-refractivity contribution is 5.80. The molecule has 5 nitrogen and oxygen atoms in total. The van der Waals surface area contributed by atoms with Gasteiger partial charge in [0.2, 0.25) is 0 Å². The SMILES string of the molecule is CC1(C)CCCN1C(=O)N1C2CCC1C(C(=O)O)C2. The summed E-state index contributed by atoms with van der Waals surface area (Å²) in [5.74, 6) is -1.10. The zero-order valence-corrected chi connectivity index (χ0v) is 11.6. The number of hydrogen-bond acceptors (Lipinski definition) is 2. The number of fused-ring (bicyclic) bond motifs is 2. The first-order valence-corrected chi connectivity index (χ1v) is 7.24. The van der Waals surface area contributed by atoms with Crippen LogP contribution in [-0.4, -0.2) is 51.1 Å². The molecule has 2 bridgehead atoms. The molecule has 3 atom stereocenters. The number of aliphatic carboxylic acids is 1. The van der Waals surface area contributed by atoms with Crippen molar-refractivity contribution in [3.63, 3.8) is 0 Å². The van der Waals surface area contributed by atoms with E-state index in [1.165, 1.54) is 0 Å². The zero-order valence-electron chi connectivity index (χ0n) is 11.6. The third-order valence-corrected chi connectivity index (χ3v) is 5.21. The minimum atomic E-state index is -0.745. The van der Waals surface area contributed by atoms with Crippen molar-refractivity contribution >= 4 is 12.0 Å². The smallest absolute Gasteiger partial charge is 0.320 e. The standard InChI is InChI=1S/C14H22N2O3/c1-14(2)6-3-7-15(14)13(19)16-9-4-5-11(16)10(8-9)12(17)18/h9-11H,3-8H2,1-2H3,(H,17,18). The predicted octanol–water partition coefficient (Wildman–Crippen LogP) is 1.92. The Labute approximate surface area is 113 Å². The molecule has 5 heteroatoms. The molecular formula is C14H22N2O3. The Balaban J connectivity index is 1.80. The summed E-state index contributed by atoms with van der Waals surface area (Å²) in [6.07, 6.45) is 4.53. The lowest BCUT2D eigenvalue weighted by Gasteiger charge is -2.36. The molecule has 2 amide bonds. The van der Waals surface area contributed by atoms with Gasteiger partial charge in [0.1, 0.15) is 0 Å². The Morgan fingerprint density at radius 3 is 2.53 bits per heavy atom. The second-order valence-corrected chi connectivity index (χ2v) is 6.74. The molecule has 1 N–H and O–H groups in total. The normalized spacial score (nSPS) is 36.0. The van der Waals surface area contributed by atoms with E-state index in [1.54, 1.807) is 0 Å². The summed E-state index contributed by atoms with van der Waals surface area (Å²) in [5.41, 5.74) is -0.0855. The molecule has 0 aromatic heterocycles. The molecule has 0 radical (unpaired) electrons. The van der Waals surface area contributed by atoms with Gasteiger partial charge in [0.15, 0.2) is 0 Å². The maximum Gasteiger partial charge on any atom is 0.320 e. The van der Waals surface area contributed by atoms with E-state index in [-0.39, 0.29) is 29.6 Å². The number of likely N-dealkylation sites (tertiary alicyclic amines) is 1. The van der Waals surface area contributed by atoms with Crippen LogP contribution in [0.5, 0.6) is 0 Å². The number of urea groups is 1. The van der Waals surface area contributed by atoms with Gasteiger partial charge in [-0.05, 0) is 46.0 Å². The van der Waals surface area contributed by atoms with E-state index in [9.17, 15) is 14.7 Å². The third kappa shape index (κ3) is 1.82. The number of hydrogen-bond donors (Lipinski definition) is 1. The molecular weight excluding hydrogens is 244 g/mol. The quantitative estimate of drug-likeness (QED) is 0.788. The van der Waals surface area contributed by atoms with Crippen molar-refractivity contribution in [1.82, 2.24) is 9.80 Å². The molecule has 0 aromatic rings. The van der Waals surface area contributed by atoms with Crippen molar-refractivity contribution in [3.8, 4) is 0 Å². The second kappa shape index (κ2) is 4.12. The molecule has 0 aromatic carbocycles. The van der Waals surface area contributed by atoms with Gasteiger partial charge in [0, 0.05) is 24.2 Å². The summed E-state index contributed by atoms with van der Waals surface area (Å²) < 4.78 is 0. The Kier molecular flexibility index (Phi) is 2.76.